The van der Waals surface area contributed by atoms with Crippen molar-refractivity contribution in [2.45, 2.75) is 98.6 Å². The van der Waals surface area contributed by atoms with Crippen LogP contribution in [0.25, 0.3) is 0 Å². The van der Waals surface area contributed by atoms with Crippen molar-refractivity contribution in [2.75, 3.05) is 5.32 Å². The van der Waals surface area contributed by atoms with Gasteiger partial charge in [-0.3, -0.25) is 4.79 Å². The van der Waals surface area contributed by atoms with Crippen molar-refractivity contribution in [3.63, 3.8) is 0 Å². The molecule has 1 spiro atoms. The quantitative estimate of drug-likeness (QED) is 0.524. The predicted molar refractivity (Wildman–Crippen MR) is 129 cm³/mol. The first-order valence-electron chi connectivity index (χ1n) is 12.3. The summed E-state index contributed by atoms with van der Waals surface area (Å²) in [6.45, 7) is 14.1. The third-order valence-electron chi connectivity index (χ3n) is 8.19. The van der Waals surface area contributed by atoms with E-state index in [2.05, 4.69) is 46.9 Å². The molecule has 0 radical (unpaired) electrons. The van der Waals surface area contributed by atoms with Crippen molar-refractivity contribution < 1.29 is 4.79 Å². The van der Waals surface area contributed by atoms with E-state index in [0.29, 0.717) is 16.7 Å². The van der Waals surface area contributed by atoms with Gasteiger partial charge in [-0.05, 0) is 86.2 Å². The Bertz CT molecular complexity index is 840. The van der Waals surface area contributed by atoms with Gasteiger partial charge in [0.05, 0.1) is 5.56 Å². The minimum atomic E-state index is -0.388. The van der Waals surface area contributed by atoms with Gasteiger partial charge in [-0.2, -0.15) is 5.10 Å². The molecule has 2 fully saturated rings. The van der Waals surface area contributed by atoms with Crippen LogP contribution in [0, 0.1) is 22.7 Å². The number of rotatable bonds is 1. The Morgan fingerprint density at radius 2 is 1.45 bits per heavy atom. The summed E-state index contributed by atoms with van der Waals surface area (Å²) in [6.07, 6.45) is 8.52. The van der Waals surface area contributed by atoms with E-state index in [4.69, 9.17) is 5.10 Å². The number of carbonyl (C=O) groups is 1. The first-order valence-corrected chi connectivity index (χ1v) is 12.3. The zero-order chi connectivity index (χ0) is 22.4. The van der Waals surface area contributed by atoms with Gasteiger partial charge in [-0.1, -0.05) is 53.7 Å². The molecule has 170 valence electrons. The number of para-hydroxylation sites is 1. The molecule has 0 unspecified atom stereocenters. The van der Waals surface area contributed by atoms with E-state index in [1.165, 1.54) is 18.6 Å². The number of benzene rings is 1. The lowest BCUT2D eigenvalue weighted by Gasteiger charge is -2.51. The van der Waals surface area contributed by atoms with Crippen LogP contribution in [-0.2, 0) is 0 Å². The van der Waals surface area contributed by atoms with Crippen LogP contribution in [0.1, 0.15) is 103 Å². The Balaban J connectivity index is 1.62. The molecule has 1 aliphatic heterocycles. The first-order chi connectivity index (χ1) is 14.5. The zero-order valence-corrected chi connectivity index (χ0v) is 20.4. The summed E-state index contributed by atoms with van der Waals surface area (Å²) in [7, 11) is 0. The van der Waals surface area contributed by atoms with Crippen molar-refractivity contribution in [1.29, 1.82) is 0 Å². The van der Waals surface area contributed by atoms with Crippen LogP contribution in [0.5, 0.6) is 0 Å². The maximum atomic E-state index is 13.6. The minimum absolute atomic E-state index is 0.0639. The van der Waals surface area contributed by atoms with Gasteiger partial charge in [0, 0.05) is 11.4 Å². The van der Waals surface area contributed by atoms with Gasteiger partial charge in [0.15, 0.2) is 0 Å². The van der Waals surface area contributed by atoms with Crippen LogP contribution in [0.2, 0.25) is 0 Å². The predicted octanol–water partition coefficient (Wildman–Crippen LogP) is 7.08. The Labute approximate surface area is 188 Å². The van der Waals surface area contributed by atoms with E-state index < -0.39 is 0 Å². The van der Waals surface area contributed by atoms with Crippen LogP contribution in [-0.4, -0.2) is 22.3 Å². The first kappa shape index (κ1) is 22.4. The molecule has 3 aliphatic rings. The number of fused-ring (bicyclic) bond motifs is 1. The number of anilines is 1. The second kappa shape index (κ2) is 7.94. The third-order valence-corrected chi connectivity index (χ3v) is 8.19. The molecule has 1 heterocycles. The second-order valence-corrected chi connectivity index (χ2v) is 12.3. The standard InChI is InChI=1S/C27H41N3O/c1-25(2,3)19-11-13-21(14-12-19)29-30-24(31)22-9-7-8-10-23(22)28-27(30)17-15-20(16-18-27)26(4,5)6/h7-10,19-20,28H,11-18H2,1-6H3. The number of hydrogen-bond donors (Lipinski definition) is 1. The lowest BCUT2D eigenvalue weighted by Crippen LogP contribution is -2.60. The third kappa shape index (κ3) is 4.40. The van der Waals surface area contributed by atoms with Crippen LogP contribution in [0.4, 0.5) is 5.69 Å². The summed E-state index contributed by atoms with van der Waals surface area (Å²) in [6, 6.07) is 7.95. The van der Waals surface area contributed by atoms with Crippen LogP contribution >= 0.6 is 0 Å². The SMILES string of the molecule is CC(C)(C)C1CCC(=NN2C(=O)c3ccccc3NC23CCC(C(C)(C)C)CC3)CC1. The Morgan fingerprint density at radius 1 is 0.903 bits per heavy atom. The van der Waals surface area contributed by atoms with E-state index >= 15 is 0 Å². The lowest BCUT2D eigenvalue weighted by molar-refractivity contribution is 0.0245. The highest BCUT2D eigenvalue weighted by molar-refractivity contribution is 6.02. The molecule has 2 aliphatic carbocycles. The molecule has 4 heteroatoms. The normalized spacial score (nSPS) is 29.5. The van der Waals surface area contributed by atoms with E-state index in [0.717, 1.165) is 55.7 Å². The minimum Gasteiger partial charge on any atom is -0.360 e. The van der Waals surface area contributed by atoms with Gasteiger partial charge in [0.25, 0.3) is 5.91 Å². The van der Waals surface area contributed by atoms with Crippen LogP contribution in [0.3, 0.4) is 0 Å². The van der Waals surface area contributed by atoms with Gasteiger partial charge >= 0.3 is 0 Å². The average Bonchev–Trinajstić information content (AvgIpc) is 2.70. The number of hydrazone groups is 1. The van der Waals surface area contributed by atoms with Crippen LogP contribution in [0.15, 0.2) is 29.4 Å². The highest BCUT2D eigenvalue weighted by Gasteiger charge is 2.48. The molecule has 4 rings (SSSR count). The Hall–Kier alpha value is -1.84. The number of carbonyl (C=O) groups excluding carboxylic acids is 1. The molecule has 0 aromatic heterocycles. The van der Waals surface area contributed by atoms with Crippen molar-refractivity contribution >= 4 is 17.3 Å². The summed E-state index contributed by atoms with van der Waals surface area (Å²) in [5, 5.41) is 10.7. The molecule has 1 aromatic carbocycles. The van der Waals surface area contributed by atoms with Gasteiger partial charge in [-0.15, -0.1) is 0 Å². The molecule has 31 heavy (non-hydrogen) atoms. The van der Waals surface area contributed by atoms with Gasteiger partial charge in [0.2, 0.25) is 0 Å². The highest BCUT2D eigenvalue weighted by atomic mass is 16.2. The van der Waals surface area contributed by atoms with E-state index in [1.54, 1.807) is 0 Å². The topological polar surface area (TPSA) is 44.7 Å². The maximum Gasteiger partial charge on any atom is 0.278 e. The molecule has 1 aromatic rings. The van der Waals surface area contributed by atoms with E-state index in [1.807, 2.05) is 29.3 Å². The second-order valence-electron chi connectivity index (χ2n) is 12.3. The van der Waals surface area contributed by atoms with Crippen molar-refractivity contribution in [3.8, 4) is 0 Å². The number of nitrogens with one attached hydrogen (secondary N) is 1. The molecule has 1 amide bonds. The summed E-state index contributed by atoms with van der Waals surface area (Å²) in [5.74, 6) is 1.48. The lowest BCUT2D eigenvalue weighted by atomic mass is 9.69. The molecule has 2 saturated carbocycles. The van der Waals surface area contributed by atoms with Crippen molar-refractivity contribution in [1.82, 2.24) is 5.01 Å². The summed E-state index contributed by atoms with van der Waals surface area (Å²) in [4.78, 5) is 13.6. The Morgan fingerprint density at radius 3 is 2.03 bits per heavy atom. The average molecular weight is 424 g/mol. The van der Waals surface area contributed by atoms with E-state index in [-0.39, 0.29) is 11.6 Å². The number of hydrogen-bond acceptors (Lipinski definition) is 3. The molecular formula is C27H41N3O. The van der Waals surface area contributed by atoms with Crippen molar-refractivity contribution in [2.24, 2.45) is 27.8 Å². The van der Waals surface area contributed by atoms with Crippen molar-refractivity contribution in [3.05, 3.63) is 29.8 Å². The fourth-order valence-electron chi connectivity index (χ4n) is 5.89. The zero-order valence-electron chi connectivity index (χ0n) is 20.4. The molecule has 4 nitrogen and oxygen atoms in total. The van der Waals surface area contributed by atoms with Gasteiger partial charge in [-0.25, -0.2) is 5.01 Å². The highest BCUT2D eigenvalue weighted by Crippen LogP contribution is 2.47. The molecule has 1 N–H and O–H groups in total. The molecule has 0 bridgehead atoms. The summed E-state index contributed by atoms with van der Waals surface area (Å²) in [5.41, 5.74) is 3.18. The largest absolute Gasteiger partial charge is 0.360 e. The fraction of sp³-hybridized carbons (Fsp3) is 0.704. The number of nitrogens with zero attached hydrogens (tertiary/aromatic N) is 2. The summed E-state index contributed by atoms with van der Waals surface area (Å²) >= 11 is 0. The number of amides is 1. The maximum absolute atomic E-state index is 13.6. The summed E-state index contributed by atoms with van der Waals surface area (Å²) < 4.78 is 0. The smallest absolute Gasteiger partial charge is 0.278 e. The van der Waals surface area contributed by atoms with Crippen LogP contribution < -0.4 is 5.32 Å². The van der Waals surface area contributed by atoms with E-state index in [9.17, 15) is 4.79 Å². The molecule has 0 saturated heterocycles. The molecular weight excluding hydrogens is 382 g/mol. The van der Waals surface area contributed by atoms with Gasteiger partial charge < -0.3 is 5.32 Å². The Kier molecular flexibility index (Phi) is 5.72. The monoisotopic (exact) mass is 423 g/mol. The van der Waals surface area contributed by atoms with Gasteiger partial charge in [0.1, 0.15) is 5.66 Å². The fourth-order valence-corrected chi connectivity index (χ4v) is 5.89. The molecule has 0 atom stereocenters.